The average Bonchev–Trinajstić information content (AvgIpc) is 2.84. The highest BCUT2D eigenvalue weighted by atomic mass is 35.5. The molecule has 19 heavy (non-hydrogen) atoms. The van der Waals surface area contributed by atoms with E-state index in [0.29, 0.717) is 6.61 Å². The zero-order valence-corrected chi connectivity index (χ0v) is 11.9. The molecule has 0 saturated heterocycles. The highest BCUT2D eigenvalue weighted by Gasteiger charge is 2.06. The summed E-state index contributed by atoms with van der Waals surface area (Å²) in [5.41, 5.74) is 2.19. The second-order valence-corrected chi connectivity index (χ2v) is 4.84. The first-order chi connectivity index (χ1) is 9.19. The minimum absolute atomic E-state index is 0.206. The van der Waals surface area contributed by atoms with Gasteiger partial charge in [-0.15, -0.1) is 0 Å². The Morgan fingerprint density at radius 3 is 2.79 bits per heavy atom. The van der Waals surface area contributed by atoms with Gasteiger partial charge in [-0.05, 0) is 24.6 Å². The zero-order chi connectivity index (χ0) is 13.7. The van der Waals surface area contributed by atoms with Gasteiger partial charge in [0.05, 0.1) is 25.0 Å². The zero-order valence-electron chi connectivity index (χ0n) is 11.1. The number of nitrogens with one attached hydrogen (secondary N) is 1. The lowest BCUT2D eigenvalue weighted by Gasteiger charge is -2.14. The molecular weight excluding hydrogens is 262 g/mol. The predicted molar refractivity (Wildman–Crippen MR) is 77.6 cm³/mol. The summed E-state index contributed by atoms with van der Waals surface area (Å²) in [6.45, 7) is 3.52. The third-order valence-electron chi connectivity index (χ3n) is 2.91. The van der Waals surface area contributed by atoms with E-state index in [2.05, 4.69) is 17.3 Å². The van der Waals surface area contributed by atoms with Gasteiger partial charge in [-0.1, -0.05) is 23.7 Å². The molecule has 0 radical (unpaired) electrons. The molecule has 0 spiro atoms. The van der Waals surface area contributed by atoms with Crippen molar-refractivity contribution in [3.8, 4) is 0 Å². The lowest BCUT2D eigenvalue weighted by atomic mass is 10.1. The van der Waals surface area contributed by atoms with Crippen LogP contribution in [0.15, 0.2) is 36.7 Å². The minimum Gasteiger partial charge on any atom is -0.383 e. The Kier molecular flexibility index (Phi) is 4.82. The van der Waals surface area contributed by atoms with Gasteiger partial charge in [0, 0.05) is 24.4 Å². The number of ether oxygens (including phenoxy) is 1. The highest BCUT2D eigenvalue weighted by Crippen LogP contribution is 2.20. The molecule has 0 aliphatic heterocycles. The van der Waals surface area contributed by atoms with E-state index in [4.69, 9.17) is 16.3 Å². The third-order valence-corrected chi connectivity index (χ3v) is 3.16. The molecule has 5 heteroatoms. The van der Waals surface area contributed by atoms with Crippen LogP contribution in [-0.2, 0) is 11.3 Å². The molecule has 0 bridgehead atoms. The maximum Gasteiger partial charge on any atom is 0.0731 e. The van der Waals surface area contributed by atoms with Crippen molar-refractivity contribution >= 4 is 17.3 Å². The molecule has 0 saturated carbocycles. The summed E-state index contributed by atoms with van der Waals surface area (Å²) in [7, 11) is 1.69. The molecule has 0 amide bonds. The number of hydrogen-bond acceptors (Lipinski definition) is 3. The van der Waals surface area contributed by atoms with E-state index in [1.807, 2.05) is 41.3 Å². The van der Waals surface area contributed by atoms with Crippen molar-refractivity contribution in [2.45, 2.75) is 19.5 Å². The van der Waals surface area contributed by atoms with Crippen LogP contribution in [0.5, 0.6) is 0 Å². The van der Waals surface area contributed by atoms with E-state index >= 15 is 0 Å². The van der Waals surface area contributed by atoms with Crippen molar-refractivity contribution < 1.29 is 4.74 Å². The van der Waals surface area contributed by atoms with Gasteiger partial charge in [0.1, 0.15) is 0 Å². The van der Waals surface area contributed by atoms with Crippen LogP contribution in [0.25, 0.3) is 0 Å². The summed E-state index contributed by atoms with van der Waals surface area (Å²) in [5.74, 6) is 0. The number of halogens is 1. The van der Waals surface area contributed by atoms with Crippen LogP contribution in [-0.4, -0.2) is 23.5 Å². The number of rotatable bonds is 6. The van der Waals surface area contributed by atoms with E-state index in [-0.39, 0.29) is 6.04 Å². The Balaban J connectivity index is 1.96. The SMILES string of the molecule is COCCn1cc(NC(C)c2ccc(Cl)cc2)cn1. The molecule has 2 rings (SSSR count). The van der Waals surface area contributed by atoms with E-state index < -0.39 is 0 Å². The summed E-state index contributed by atoms with van der Waals surface area (Å²) >= 11 is 5.88. The Morgan fingerprint density at radius 1 is 1.37 bits per heavy atom. The van der Waals surface area contributed by atoms with Gasteiger partial charge in [0.2, 0.25) is 0 Å². The molecule has 2 aromatic rings. The third kappa shape index (κ3) is 3.98. The first-order valence-electron chi connectivity index (χ1n) is 6.22. The molecule has 1 heterocycles. The fraction of sp³-hybridized carbons (Fsp3) is 0.357. The van der Waals surface area contributed by atoms with E-state index in [9.17, 15) is 0 Å². The van der Waals surface area contributed by atoms with Crippen molar-refractivity contribution in [1.82, 2.24) is 9.78 Å². The molecular formula is C14H18ClN3O. The van der Waals surface area contributed by atoms with Gasteiger partial charge in [0.15, 0.2) is 0 Å². The first kappa shape index (κ1) is 13.9. The van der Waals surface area contributed by atoms with Gasteiger partial charge in [-0.2, -0.15) is 5.10 Å². The maximum atomic E-state index is 5.88. The summed E-state index contributed by atoms with van der Waals surface area (Å²) < 4.78 is 6.88. The van der Waals surface area contributed by atoms with Gasteiger partial charge in [-0.25, -0.2) is 0 Å². The Hall–Kier alpha value is -1.52. The highest BCUT2D eigenvalue weighted by molar-refractivity contribution is 6.30. The van der Waals surface area contributed by atoms with E-state index in [0.717, 1.165) is 17.3 Å². The van der Waals surface area contributed by atoms with Crippen LogP contribution < -0.4 is 5.32 Å². The molecule has 4 nitrogen and oxygen atoms in total. The van der Waals surface area contributed by atoms with Crippen LogP contribution in [0.4, 0.5) is 5.69 Å². The topological polar surface area (TPSA) is 39.1 Å². The monoisotopic (exact) mass is 279 g/mol. The number of benzene rings is 1. The quantitative estimate of drug-likeness (QED) is 0.881. The summed E-state index contributed by atoms with van der Waals surface area (Å²) in [6, 6.07) is 8.05. The van der Waals surface area contributed by atoms with E-state index in [1.165, 1.54) is 5.56 Å². The average molecular weight is 280 g/mol. The molecule has 1 unspecified atom stereocenters. The smallest absolute Gasteiger partial charge is 0.0731 e. The van der Waals surface area contributed by atoms with Gasteiger partial charge < -0.3 is 10.1 Å². The van der Waals surface area contributed by atoms with Gasteiger partial charge >= 0.3 is 0 Å². The normalized spacial score (nSPS) is 12.4. The second-order valence-electron chi connectivity index (χ2n) is 4.40. The standard InChI is InChI=1S/C14H18ClN3O/c1-11(12-3-5-13(15)6-4-12)17-14-9-16-18(10-14)7-8-19-2/h3-6,9-11,17H,7-8H2,1-2H3. The van der Waals surface area contributed by atoms with E-state index in [1.54, 1.807) is 7.11 Å². The summed E-state index contributed by atoms with van der Waals surface area (Å²) in [5, 5.41) is 8.43. The summed E-state index contributed by atoms with van der Waals surface area (Å²) in [6.07, 6.45) is 3.80. The lowest BCUT2D eigenvalue weighted by molar-refractivity contribution is 0.183. The molecule has 0 aliphatic rings. The van der Waals surface area contributed by atoms with Crippen LogP contribution in [0.2, 0.25) is 5.02 Å². The Morgan fingerprint density at radius 2 is 2.11 bits per heavy atom. The largest absolute Gasteiger partial charge is 0.383 e. The fourth-order valence-electron chi connectivity index (χ4n) is 1.83. The van der Waals surface area contributed by atoms with Crippen LogP contribution in [0.1, 0.15) is 18.5 Å². The molecule has 1 N–H and O–H groups in total. The molecule has 1 atom stereocenters. The summed E-state index contributed by atoms with van der Waals surface area (Å²) in [4.78, 5) is 0. The molecule has 102 valence electrons. The Bertz CT molecular complexity index is 510. The molecule has 1 aromatic heterocycles. The predicted octanol–water partition coefficient (Wildman–Crippen LogP) is 3.36. The number of hydrogen-bond donors (Lipinski definition) is 1. The molecule has 0 fully saturated rings. The van der Waals surface area contributed by atoms with Crippen LogP contribution in [0.3, 0.4) is 0 Å². The van der Waals surface area contributed by atoms with Crippen LogP contribution >= 0.6 is 11.6 Å². The van der Waals surface area contributed by atoms with Gasteiger partial charge in [0.25, 0.3) is 0 Å². The van der Waals surface area contributed by atoms with Crippen molar-refractivity contribution in [1.29, 1.82) is 0 Å². The lowest BCUT2D eigenvalue weighted by Crippen LogP contribution is -2.06. The number of anilines is 1. The minimum atomic E-state index is 0.206. The van der Waals surface area contributed by atoms with Crippen molar-refractivity contribution in [2.24, 2.45) is 0 Å². The molecule has 1 aromatic carbocycles. The number of aromatic nitrogens is 2. The van der Waals surface area contributed by atoms with Gasteiger partial charge in [-0.3, -0.25) is 4.68 Å². The molecule has 0 aliphatic carbocycles. The Labute approximate surface area is 118 Å². The second kappa shape index (κ2) is 6.59. The van der Waals surface area contributed by atoms with Crippen molar-refractivity contribution in [3.05, 3.63) is 47.2 Å². The van der Waals surface area contributed by atoms with Crippen molar-refractivity contribution in [2.75, 3.05) is 19.0 Å². The fourth-order valence-corrected chi connectivity index (χ4v) is 1.96. The van der Waals surface area contributed by atoms with Crippen molar-refractivity contribution in [3.63, 3.8) is 0 Å². The van der Waals surface area contributed by atoms with Crippen LogP contribution in [0, 0.1) is 0 Å². The maximum absolute atomic E-state index is 5.88. The first-order valence-corrected chi connectivity index (χ1v) is 6.60. The number of nitrogens with zero attached hydrogens (tertiary/aromatic N) is 2. The number of methoxy groups -OCH3 is 1.